The maximum Gasteiger partial charge on any atom is 0.260 e. The minimum Gasteiger partial charge on any atom is -0.302 e. The van der Waals surface area contributed by atoms with Crippen molar-refractivity contribution < 1.29 is 13.2 Å². The van der Waals surface area contributed by atoms with E-state index in [0.29, 0.717) is 29.3 Å². The minimum absolute atomic E-state index is 0.130. The van der Waals surface area contributed by atoms with Gasteiger partial charge in [0.25, 0.3) is 5.91 Å². The van der Waals surface area contributed by atoms with Gasteiger partial charge in [0.05, 0.1) is 30.8 Å². The van der Waals surface area contributed by atoms with Gasteiger partial charge in [-0.3, -0.25) is 9.69 Å². The number of hydrogen-bond acceptors (Lipinski definition) is 8. The molecule has 4 aromatic rings. The molecule has 1 amide bonds. The van der Waals surface area contributed by atoms with Crippen molar-refractivity contribution in [3.63, 3.8) is 0 Å². The Morgan fingerprint density at radius 3 is 2.47 bits per heavy atom. The first-order chi connectivity index (χ1) is 15.3. The summed E-state index contributed by atoms with van der Waals surface area (Å²) in [6, 6.07) is 10.4. The number of nitrogens with zero attached hydrogens (tertiary/aromatic N) is 4. The van der Waals surface area contributed by atoms with Gasteiger partial charge in [0.1, 0.15) is 0 Å². The van der Waals surface area contributed by atoms with Gasteiger partial charge in [-0.1, -0.05) is 25.2 Å². The standard InChI is InChI=1S/C22H24N4O3S3/c1-4-25(5-2)10-11-26(21(27)15-6-8-17-19(12-15)30-14-23-17)22-24-18-9-7-16(32(3,28)29)13-20(18)31-22/h6-9,12-14H,4-5,10-11H2,1-3H3. The van der Waals surface area contributed by atoms with Crippen LogP contribution < -0.4 is 4.90 Å². The third-order valence-corrected chi connectivity index (χ3v) is 8.31. The molecule has 0 atom stereocenters. The van der Waals surface area contributed by atoms with E-state index in [9.17, 15) is 13.2 Å². The van der Waals surface area contributed by atoms with Gasteiger partial charge in [0.15, 0.2) is 15.0 Å². The average Bonchev–Trinajstić information content (AvgIpc) is 3.41. The predicted molar refractivity (Wildman–Crippen MR) is 132 cm³/mol. The highest BCUT2D eigenvalue weighted by Crippen LogP contribution is 2.32. The van der Waals surface area contributed by atoms with E-state index in [2.05, 4.69) is 28.7 Å². The molecule has 0 bridgehead atoms. The molecule has 10 heteroatoms. The predicted octanol–water partition coefficient (Wildman–Crippen LogP) is 4.30. The molecule has 0 N–H and O–H groups in total. The number of hydrogen-bond donors (Lipinski definition) is 0. The van der Waals surface area contributed by atoms with E-state index in [4.69, 9.17) is 0 Å². The summed E-state index contributed by atoms with van der Waals surface area (Å²) in [6.45, 7) is 7.17. The van der Waals surface area contributed by atoms with E-state index in [1.54, 1.807) is 34.7 Å². The number of carbonyl (C=O) groups is 1. The molecule has 168 valence electrons. The first kappa shape index (κ1) is 22.8. The monoisotopic (exact) mass is 488 g/mol. The van der Waals surface area contributed by atoms with Gasteiger partial charge in [-0.05, 0) is 49.5 Å². The number of likely N-dealkylation sites (N-methyl/N-ethyl adjacent to an activating group) is 1. The fraction of sp³-hybridized carbons (Fsp3) is 0.318. The average molecular weight is 489 g/mol. The zero-order valence-corrected chi connectivity index (χ0v) is 20.6. The SMILES string of the molecule is CCN(CC)CCN(C(=O)c1ccc2ncsc2c1)c1nc2ccc(S(C)(=O)=O)cc2s1. The number of fused-ring (bicyclic) bond motifs is 2. The van der Waals surface area contributed by atoms with Crippen molar-refractivity contribution in [2.45, 2.75) is 18.7 Å². The first-order valence-corrected chi connectivity index (χ1v) is 13.9. The normalized spacial score (nSPS) is 12.1. The third-order valence-electron chi connectivity index (χ3n) is 5.37. The summed E-state index contributed by atoms with van der Waals surface area (Å²) in [4.78, 5) is 26.7. The Hall–Kier alpha value is -2.40. The Morgan fingerprint density at radius 2 is 1.75 bits per heavy atom. The van der Waals surface area contributed by atoms with Crippen LogP contribution >= 0.6 is 22.7 Å². The second-order valence-corrected chi connectivity index (χ2v) is 11.3. The third kappa shape index (κ3) is 4.68. The summed E-state index contributed by atoms with van der Waals surface area (Å²) in [5, 5.41) is 0.562. The number of carbonyl (C=O) groups excluding carboxylic acids is 1. The molecule has 7 nitrogen and oxygen atoms in total. The molecule has 0 spiro atoms. The summed E-state index contributed by atoms with van der Waals surface area (Å²) >= 11 is 2.83. The van der Waals surface area contributed by atoms with Gasteiger partial charge in [0.2, 0.25) is 0 Å². The van der Waals surface area contributed by atoms with Crippen molar-refractivity contribution in [2.75, 3.05) is 37.3 Å². The molecule has 0 unspecified atom stereocenters. The number of rotatable bonds is 8. The van der Waals surface area contributed by atoms with E-state index in [1.807, 2.05) is 12.1 Å². The Morgan fingerprint density at radius 1 is 1.00 bits per heavy atom. The quantitative estimate of drug-likeness (QED) is 0.368. The van der Waals surface area contributed by atoms with Crippen LogP contribution in [-0.4, -0.2) is 61.6 Å². The van der Waals surface area contributed by atoms with Gasteiger partial charge in [-0.2, -0.15) is 0 Å². The first-order valence-electron chi connectivity index (χ1n) is 10.3. The van der Waals surface area contributed by atoms with Crippen molar-refractivity contribution in [3.8, 4) is 0 Å². The number of amides is 1. The van der Waals surface area contributed by atoms with E-state index in [-0.39, 0.29) is 10.8 Å². The lowest BCUT2D eigenvalue weighted by Crippen LogP contribution is -2.38. The summed E-state index contributed by atoms with van der Waals surface area (Å²) in [7, 11) is -3.32. The van der Waals surface area contributed by atoms with Crippen LogP contribution in [-0.2, 0) is 9.84 Å². The van der Waals surface area contributed by atoms with Crippen molar-refractivity contribution in [3.05, 3.63) is 47.5 Å². The van der Waals surface area contributed by atoms with Crippen LogP contribution in [0.1, 0.15) is 24.2 Å². The number of benzene rings is 2. The Kier molecular flexibility index (Phi) is 6.57. The number of thiazole rings is 2. The molecule has 0 radical (unpaired) electrons. The van der Waals surface area contributed by atoms with E-state index < -0.39 is 9.84 Å². The van der Waals surface area contributed by atoms with Gasteiger partial charge < -0.3 is 4.90 Å². The lowest BCUT2D eigenvalue weighted by atomic mass is 10.2. The fourth-order valence-corrected chi connectivity index (χ4v) is 5.92. The topological polar surface area (TPSA) is 83.5 Å². The van der Waals surface area contributed by atoms with Crippen molar-refractivity contribution >= 4 is 64.0 Å². The molecule has 4 rings (SSSR count). The van der Waals surface area contributed by atoms with Crippen LogP contribution in [0.3, 0.4) is 0 Å². The molecule has 0 aliphatic rings. The molecule has 0 aliphatic heterocycles. The van der Waals surface area contributed by atoms with Crippen LogP contribution in [0.15, 0.2) is 46.8 Å². The molecule has 0 saturated carbocycles. The van der Waals surface area contributed by atoms with Crippen LogP contribution in [0.5, 0.6) is 0 Å². The second-order valence-electron chi connectivity index (χ2n) is 7.42. The highest BCUT2D eigenvalue weighted by atomic mass is 32.2. The van der Waals surface area contributed by atoms with Crippen LogP contribution in [0.25, 0.3) is 20.4 Å². The van der Waals surface area contributed by atoms with Gasteiger partial charge in [-0.25, -0.2) is 18.4 Å². The zero-order chi connectivity index (χ0) is 22.9. The second kappa shape index (κ2) is 9.22. The van der Waals surface area contributed by atoms with E-state index in [0.717, 1.165) is 28.0 Å². The Bertz CT molecular complexity index is 1370. The van der Waals surface area contributed by atoms with Gasteiger partial charge in [0, 0.05) is 24.9 Å². The number of anilines is 1. The van der Waals surface area contributed by atoms with Crippen LogP contribution in [0, 0.1) is 0 Å². The number of sulfone groups is 1. The molecule has 2 aromatic heterocycles. The highest BCUT2D eigenvalue weighted by molar-refractivity contribution is 7.90. The Labute approximate surface area is 195 Å². The lowest BCUT2D eigenvalue weighted by Gasteiger charge is -2.24. The van der Waals surface area contributed by atoms with Crippen LogP contribution in [0.4, 0.5) is 5.13 Å². The molecule has 2 aromatic carbocycles. The van der Waals surface area contributed by atoms with Gasteiger partial charge in [-0.15, -0.1) is 11.3 Å². The Balaban J connectivity index is 1.73. The molecule has 0 aliphatic carbocycles. The highest BCUT2D eigenvalue weighted by Gasteiger charge is 2.23. The molecule has 0 saturated heterocycles. The maximum atomic E-state index is 13.6. The molecule has 0 fully saturated rings. The van der Waals surface area contributed by atoms with Crippen LogP contribution in [0.2, 0.25) is 0 Å². The lowest BCUT2D eigenvalue weighted by molar-refractivity contribution is 0.0984. The van der Waals surface area contributed by atoms with Crippen molar-refractivity contribution in [1.29, 1.82) is 0 Å². The molecular formula is C22H24N4O3S3. The molecule has 32 heavy (non-hydrogen) atoms. The smallest absolute Gasteiger partial charge is 0.260 e. The van der Waals surface area contributed by atoms with Crippen molar-refractivity contribution in [1.82, 2.24) is 14.9 Å². The summed E-state index contributed by atoms with van der Waals surface area (Å²) in [6.07, 6.45) is 1.19. The van der Waals surface area contributed by atoms with E-state index in [1.165, 1.54) is 28.9 Å². The summed E-state index contributed by atoms with van der Waals surface area (Å²) in [5.41, 5.74) is 3.90. The van der Waals surface area contributed by atoms with E-state index >= 15 is 0 Å². The fourth-order valence-electron chi connectivity index (χ4n) is 3.45. The maximum absolute atomic E-state index is 13.6. The summed E-state index contributed by atoms with van der Waals surface area (Å²) in [5.74, 6) is -0.130. The summed E-state index contributed by atoms with van der Waals surface area (Å²) < 4.78 is 25.6. The molecular weight excluding hydrogens is 464 g/mol. The number of aromatic nitrogens is 2. The largest absolute Gasteiger partial charge is 0.302 e. The van der Waals surface area contributed by atoms with Crippen molar-refractivity contribution in [2.24, 2.45) is 0 Å². The van der Waals surface area contributed by atoms with Gasteiger partial charge >= 0.3 is 0 Å². The molecule has 2 heterocycles. The minimum atomic E-state index is -3.32. The zero-order valence-electron chi connectivity index (χ0n) is 18.1.